The number of primary sulfonamides is 1. The highest BCUT2D eigenvalue weighted by Crippen LogP contribution is 2.29. The summed E-state index contributed by atoms with van der Waals surface area (Å²) in [5.74, 6) is -1.74. The molecule has 1 rings (SSSR count). The average molecular weight is 299 g/mol. The van der Waals surface area contributed by atoms with Crippen LogP contribution in [0, 0.1) is 5.41 Å². The van der Waals surface area contributed by atoms with E-state index in [1.54, 1.807) is 0 Å². The van der Waals surface area contributed by atoms with Gasteiger partial charge in [0.1, 0.15) is 16.5 Å². The van der Waals surface area contributed by atoms with Crippen molar-refractivity contribution in [3.63, 3.8) is 0 Å². The van der Waals surface area contributed by atoms with Gasteiger partial charge in [-0.1, -0.05) is 0 Å². The molecule has 0 aromatic heterocycles. The summed E-state index contributed by atoms with van der Waals surface area (Å²) in [6, 6.07) is 2.32. The Labute approximate surface area is 105 Å². The quantitative estimate of drug-likeness (QED) is 0.368. The van der Waals surface area contributed by atoms with Crippen molar-refractivity contribution in [1.29, 1.82) is 5.41 Å². The van der Waals surface area contributed by atoms with Crippen molar-refractivity contribution in [3.8, 4) is 5.75 Å². The number of hydroxylamine groups is 1. The van der Waals surface area contributed by atoms with Gasteiger partial charge < -0.3 is 4.74 Å². The second-order valence-corrected chi connectivity index (χ2v) is 4.77. The molecule has 7 nitrogen and oxygen atoms in total. The fourth-order valence-electron chi connectivity index (χ4n) is 1.17. The second kappa shape index (κ2) is 5.03. The number of hydrogen-bond donors (Lipinski definition) is 4. The zero-order chi connectivity index (χ0) is 14.8. The van der Waals surface area contributed by atoms with Crippen LogP contribution in [-0.2, 0) is 10.0 Å². The van der Waals surface area contributed by atoms with Gasteiger partial charge in [0.2, 0.25) is 10.0 Å². The normalized spacial score (nSPS) is 12.1. The lowest BCUT2D eigenvalue weighted by Crippen LogP contribution is -2.23. The van der Waals surface area contributed by atoms with Crippen molar-refractivity contribution in [1.82, 2.24) is 5.48 Å². The van der Waals surface area contributed by atoms with Crippen LogP contribution in [0.25, 0.3) is 0 Å². The summed E-state index contributed by atoms with van der Waals surface area (Å²) in [6.07, 6.45) is -5.13. The third-order valence-electron chi connectivity index (χ3n) is 1.88. The molecule has 1 aromatic rings. The van der Waals surface area contributed by atoms with Crippen molar-refractivity contribution < 1.29 is 31.5 Å². The van der Waals surface area contributed by atoms with Crippen LogP contribution in [0.3, 0.4) is 0 Å². The Hall–Kier alpha value is -1.85. The number of alkyl halides is 3. The molecule has 1 aromatic carbocycles. The zero-order valence-electron chi connectivity index (χ0n) is 9.02. The number of sulfonamides is 1. The molecule has 0 saturated heterocycles. The molecule has 0 heterocycles. The van der Waals surface area contributed by atoms with E-state index in [1.165, 1.54) is 5.48 Å². The summed E-state index contributed by atoms with van der Waals surface area (Å²) in [5.41, 5.74) is 1.17. The molecular formula is C8H8F3N3O4S. The molecule has 0 aliphatic rings. The minimum absolute atomic E-state index is 0.228. The lowest BCUT2D eigenvalue weighted by Gasteiger charge is -2.13. The molecule has 0 atom stereocenters. The van der Waals surface area contributed by atoms with E-state index in [9.17, 15) is 21.6 Å². The van der Waals surface area contributed by atoms with Gasteiger partial charge in [-0.2, -0.15) is 0 Å². The van der Waals surface area contributed by atoms with E-state index >= 15 is 0 Å². The van der Waals surface area contributed by atoms with Crippen LogP contribution < -0.4 is 15.4 Å². The third-order valence-corrected chi connectivity index (χ3v) is 2.83. The van der Waals surface area contributed by atoms with Gasteiger partial charge >= 0.3 is 6.36 Å². The number of benzene rings is 1. The molecule has 0 aliphatic carbocycles. The molecule has 0 amide bonds. The van der Waals surface area contributed by atoms with E-state index in [0.717, 1.165) is 12.1 Å². The molecule has 0 bridgehead atoms. The summed E-state index contributed by atoms with van der Waals surface area (Å²) in [6.45, 7) is 0. The molecule has 0 unspecified atom stereocenters. The zero-order valence-corrected chi connectivity index (χ0v) is 9.84. The van der Waals surface area contributed by atoms with Crippen molar-refractivity contribution in [3.05, 3.63) is 23.8 Å². The van der Waals surface area contributed by atoms with E-state index in [2.05, 4.69) is 4.74 Å². The maximum atomic E-state index is 12.1. The van der Waals surface area contributed by atoms with Crippen molar-refractivity contribution in [2.45, 2.75) is 11.3 Å². The fourth-order valence-corrected chi connectivity index (χ4v) is 1.81. The van der Waals surface area contributed by atoms with Crippen molar-refractivity contribution >= 4 is 15.9 Å². The second-order valence-electron chi connectivity index (χ2n) is 3.24. The molecule has 5 N–H and O–H groups in total. The van der Waals surface area contributed by atoms with Crippen molar-refractivity contribution in [2.24, 2.45) is 5.14 Å². The highest BCUT2D eigenvalue weighted by Gasteiger charge is 2.33. The van der Waals surface area contributed by atoms with Crippen LogP contribution >= 0.6 is 0 Å². The fraction of sp³-hybridized carbons (Fsp3) is 0.125. The van der Waals surface area contributed by atoms with Crippen LogP contribution in [0.5, 0.6) is 5.75 Å². The molecule has 0 radical (unpaired) electrons. The number of amidine groups is 1. The van der Waals surface area contributed by atoms with Gasteiger partial charge in [0.15, 0.2) is 0 Å². The predicted octanol–water partition coefficient (Wildman–Crippen LogP) is 0.537. The Bertz CT molecular complexity index is 600. The van der Waals surface area contributed by atoms with E-state index in [0.29, 0.717) is 6.07 Å². The summed E-state index contributed by atoms with van der Waals surface area (Å²) >= 11 is 0. The van der Waals surface area contributed by atoms with E-state index in [-0.39, 0.29) is 5.56 Å². The smallest absolute Gasteiger partial charge is 0.404 e. The van der Waals surface area contributed by atoms with E-state index < -0.39 is 32.9 Å². The summed E-state index contributed by atoms with van der Waals surface area (Å²) < 4.78 is 62.2. The first-order chi connectivity index (χ1) is 8.54. The number of hydrogen-bond acceptors (Lipinski definition) is 5. The Balaban J connectivity index is 3.39. The van der Waals surface area contributed by atoms with E-state index in [1.807, 2.05) is 0 Å². The number of nitrogens with two attached hydrogens (primary N) is 1. The standard InChI is InChI=1S/C8H8F3N3O4S/c9-8(10,11)18-5-3-4(7(12)14-15)1-2-6(5)19(13,16)17/h1-3,15H,(H2,12,14)(H2,13,16,17). The Morgan fingerprint density at radius 1 is 1.42 bits per heavy atom. The number of halogens is 3. The van der Waals surface area contributed by atoms with Crippen LogP contribution in [-0.4, -0.2) is 25.8 Å². The maximum absolute atomic E-state index is 12.1. The van der Waals surface area contributed by atoms with Gasteiger partial charge in [0.05, 0.1) is 0 Å². The predicted molar refractivity (Wildman–Crippen MR) is 56.2 cm³/mol. The van der Waals surface area contributed by atoms with Gasteiger partial charge in [-0.3, -0.25) is 16.1 Å². The lowest BCUT2D eigenvalue weighted by atomic mass is 10.2. The average Bonchev–Trinajstić information content (AvgIpc) is 2.24. The molecule has 106 valence electrons. The Morgan fingerprint density at radius 2 is 2.00 bits per heavy atom. The minimum Gasteiger partial charge on any atom is -0.404 e. The SMILES string of the molecule is N=C(NO)c1ccc(S(N)(=O)=O)c(OC(F)(F)F)c1. The maximum Gasteiger partial charge on any atom is 0.573 e. The summed E-state index contributed by atoms with van der Waals surface area (Å²) in [7, 11) is -4.43. The molecule has 11 heteroatoms. The largest absolute Gasteiger partial charge is 0.573 e. The van der Waals surface area contributed by atoms with Crippen LogP contribution in [0.15, 0.2) is 23.1 Å². The molecule has 0 fully saturated rings. The monoisotopic (exact) mass is 299 g/mol. The number of rotatable bonds is 3. The van der Waals surface area contributed by atoms with E-state index in [4.69, 9.17) is 15.8 Å². The number of ether oxygens (including phenoxy) is 1. The van der Waals surface area contributed by atoms with Gasteiger partial charge in [0.25, 0.3) is 0 Å². The molecule has 0 aliphatic heterocycles. The van der Waals surface area contributed by atoms with Gasteiger partial charge in [-0.15, -0.1) is 13.2 Å². The van der Waals surface area contributed by atoms with Gasteiger partial charge in [-0.25, -0.2) is 13.6 Å². The topological polar surface area (TPSA) is 125 Å². The minimum atomic E-state index is -5.13. The molecule has 0 spiro atoms. The van der Waals surface area contributed by atoms with Crippen molar-refractivity contribution in [2.75, 3.05) is 0 Å². The molecule has 0 saturated carbocycles. The van der Waals surface area contributed by atoms with Gasteiger partial charge in [-0.05, 0) is 18.2 Å². The van der Waals surface area contributed by atoms with Crippen LogP contribution in [0.2, 0.25) is 0 Å². The number of nitrogens with one attached hydrogen (secondary N) is 2. The highest BCUT2D eigenvalue weighted by atomic mass is 32.2. The van der Waals surface area contributed by atoms with Gasteiger partial charge in [0, 0.05) is 5.56 Å². The first kappa shape index (κ1) is 15.2. The first-order valence-electron chi connectivity index (χ1n) is 4.46. The third kappa shape index (κ3) is 4.08. The lowest BCUT2D eigenvalue weighted by molar-refractivity contribution is -0.275. The van der Waals surface area contributed by atoms with Crippen LogP contribution in [0.1, 0.15) is 5.56 Å². The molecular weight excluding hydrogens is 291 g/mol. The molecule has 19 heavy (non-hydrogen) atoms. The summed E-state index contributed by atoms with van der Waals surface area (Å²) in [5, 5.41) is 20.4. The Morgan fingerprint density at radius 3 is 2.42 bits per heavy atom. The summed E-state index contributed by atoms with van der Waals surface area (Å²) in [4.78, 5) is -0.890. The van der Waals surface area contributed by atoms with Crippen LogP contribution in [0.4, 0.5) is 13.2 Å². The highest BCUT2D eigenvalue weighted by molar-refractivity contribution is 7.89. The first-order valence-corrected chi connectivity index (χ1v) is 6.01. The Kier molecular flexibility index (Phi) is 4.03.